The summed E-state index contributed by atoms with van der Waals surface area (Å²) < 4.78 is 26.9. The number of benzene rings is 1. The van der Waals surface area contributed by atoms with Gasteiger partial charge in [0, 0.05) is 0 Å². The van der Waals surface area contributed by atoms with Gasteiger partial charge in [0.1, 0.15) is 23.3 Å². The highest BCUT2D eigenvalue weighted by atomic mass is 19.1. The maximum atomic E-state index is 13.5. The zero-order chi connectivity index (χ0) is 13.3. The van der Waals surface area contributed by atoms with Crippen molar-refractivity contribution in [3.05, 3.63) is 53.1 Å². The van der Waals surface area contributed by atoms with Gasteiger partial charge in [-0.2, -0.15) is 0 Å². The number of halogens is 2. The van der Waals surface area contributed by atoms with Crippen LogP contribution in [0.25, 0.3) is 0 Å². The number of aromatic nitrogens is 1. The lowest BCUT2D eigenvalue weighted by Gasteiger charge is -2.06. The molecule has 0 spiro atoms. The minimum absolute atomic E-state index is 0.0896. The van der Waals surface area contributed by atoms with Gasteiger partial charge in [0.2, 0.25) is 5.78 Å². The molecule has 0 aliphatic rings. The Morgan fingerprint density at radius 1 is 1.06 bits per heavy atom. The molecule has 1 heterocycles. The summed E-state index contributed by atoms with van der Waals surface area (Å²) in [6.45, 7) is 0. The van der Waals surface area contributed by atoms with Crippen LogP contribution in [0.1, 0.15) is 15.9 Å². The van der Waals surface area contributed by atoms with Gasteiger partial charge in [-0.05, 0) is 24.3 Å². The van der Waals surface area contributed by atoms with E-state index in [9.17, 15) is 13.6 Å². The molecule has 18 heavy (non-hydrogen) atoms. The number of rotatable bonds is 2. The van der Waals surface area contributed by atoms with Crippen molar-refractivity contribution < 1.29 is 13.6 Å². The Kier molecular flexibility index (Phi) is 2.93. The van der Waals surface area contributed by atoms with Crippen LogP contribution in [0.3, 0.4) is 0 Å². The summed E-state index contributed by atoms with van der Waals surface area (Å²) in [5.74, 6) is -2.80. The van der Waals surface area contributed by atoms with Crippen molar-refractivity contribution in [3.8, 4) is 0 Å². The average molecular weight is 249 g/mol. The van der Waals surface area contributed by atoms with Crippen LogP contribution in [0.4, 0.5) is 20.4 Å². The first kappa shape index (κ1) is 12.0. The summed E-state index contributed by atoms with van der Waals surface area (Å²) in [4.78, 5) is 15.6. The van der Waals surface area contributed by atoms with Crippen LogP contribution in [0, 0.1) is 11.6 Å². The molecule has 0 amide bonds. The van der Waals surface area contributed by atoms with Crippen molar-refractivity contribution in [1.82, 2.24) is 4.98 Å². The number of hydrogen-bond donors (Lipinski definition) is 2. The Balaban J connectivity index is 2.55. The molecule has 1 aromatic heterocycles. The highest BCUT2D eigenvalue weighted by molar-refractivity contribution is 6.12. The van der Waals surface area contributed by atoms with E-state index in [1.165, 1.54) is 18.2 Å². The molecule has 0 atom stereocenters. The van der Waals surface area contributed by atoms with Crippen LogP contribution in [0.5, 0.6) is 0 Å². The van der Waals surface area contributed by atoms with Crippen molar-refractivity contribution in [2.45, 2.75) is 0 Å². The van der Waals surface area contributed by atoms with Crippen LogP contribution in [-0.2, 0) is 0 Å². The second-order valence-corrected chi connectivity index (χ2v) is 3.59. The minimum atomic E-state index is -0.948. The van der Waals surface area contributed by atoms with Gasteiger partial charge < -0.3 is 11.5 Å². The molecule has 0 bridgehead atoms. The third-order valence-corrected chi connectivity index (χ3v) is 2.38. The first-order chi connectivity index (χ1) is 8.50. The average Bonchev–Trinajstić information content (AvgIpc) is 2.28. The van der Waals surface area contributed by atoms with E-state index in [-0.39, 0.29) is 17.2 Å². The van der Waals surface area contributed by atoms with Crippen molar-refractivity contribution in [3.63, 3.8) is 0 Å². The lowest BCUT2D eigenvalue weighted by molar-refractivity contribution is 0.103. The Bertz CT molecular complexity index is 608. The van der Waals surface area contributed by atoms with Crippen LogP contribution in [-0.4, -0.2) is 10.8 Å². The van der Waals surface area contributed by atoms with E-state index < -0.39 is 23.0 Å². The van der Waals surface area contributed by atoms with Crippen molar-refractivity contribution in [2.75, 3.05) is 11.5 Å². The fourth-order valence-electron chi connectivity index (χ4n) is 1.53. The van der Waals surface area contributed by atoms with Gasteiger partial charge in [0.25, 0.3) is 0 Å². The second-order valence-electron chi connectivity index (χ2n) is 3.59. The van der Waals surface area contributed by atoms with Crippen LogP contribution in [0.2, 0.25) is 0 Å². The smallest absolute Gasteiger partial charge is 0.202 e. The van der Waals surface area contributed by atoms with Gasteiger partial charge in [-0.25, -0.2) is 13.8 Å². The number of nitrogens with zero attached hydrogens (tertiary/aromatic N) is 1. The standard InChI is InChI=1S/C12H9F2N3O/c13-7-2-1-3-8(14)10(7)11(18)6-4-5-9(15)17-12(6)16/h1-5H,(H4,15,16,17). The fourth-order valence-corrected chi connectivity index (χ4v) is 1.53. The van der Waals surface area contributed by atoms with E-state index in [0.717, 1.165) is 12.1 Å². The van der Waals surface area contributed by atoms with E-state index in [0.29, 0.717) is 0 Å². The van der Waals surface area contributed by atoms with Crippen molar-refractivity contribution in [2.24, 2.45) is 0 Å². The monoisotopic (exact) mass is 249 g/mol. The van der Waals surface area contributed by atoms with E-state index in [1.807, 2.05) is 0 Å². The van der Waals surface area contributed by atoms with E-state index in [2.05, 4.69) is 4.98 Å². The number of nitrogen functional groups attached to an aromatic ring is 2. The van der Waals surface area contributed by atoms with Crippen molar-refractivity contribution in [1.29, 1.82) is 0 Å². The van der Waals surface area contributed by atoms with Gasteiger partial charge in [-0.15, -0.1) is 0 Å². The number of carbonyl (C=O) groups excluding carboxylic acids is 1. The number of hydrogen-bond acceptors (Lipinski definition) is 4. The quantitative estimate of drug-likeness (QED) is 0.794. The lowest BCUT2D eigenvalue weighted by atomic mass is 10.0. The lowest BCUT2D eigenvalue weighted by Crippen LogP contribution is -2.11. The highest BCUT2D eigenvalue weighted by Crippen LogP contribution is 2.20. The van der Waals surface area contributed by atoms with Gasteiger partial charge >= 0.3 is 0 Å². The molecule has 6 heteroatoms. The normalized spacial score (nSPS) is 10.3. The summed E-state index contributed by atoms with van der Waals surface area (Å²) in [6, 6.07) is 5.79. The predicted octanol–water partition coefficient (Wildman–Crippen LogP) is 1.76. The molecule has 2 rings (SSSR count). The Morgan fingerprint density at radius 2 is 1.67 bits per heavy atom. The molecule has 1 aromatic carbocycles. The Labute approximate surface area is 101 Å². The fraction of sp³-hybridized carbons (Fsp3) is 0. The number of anilines is 2. The summed E-state index contributed by atoms with van der Waals surface area (Å²) in [5, 5.41) is 0. The largest absolute Gasteiger partial charge is 0.384 e. The first-order valence-electron chi connectivity index (χ1n) is 5.01. The summed E-state index contributed by atoms with van der Waals surface area (Å²) >= 11 is 0. The molecule has 0 fully saturated rings. The van der Waals surface area contributed by atoms with Crippen LogP contribution in [0.15, 0.2) is 30.3 Å². The molecule has 0 unspecified atom stereocenters. The van der Waals surface area contributed by atoms with Crippen molar-refractivity contribution >= 4 is 17.4 Å². The molecule has 4 nitrogen and oxygen atoms in total. The summed E-state index contributed by atoms with van der Waals surface area (Å²) in [6.07, 6.45) is 0. The van der Waals surface area contributed by atoms with Gasteiger partial charge in [-0.1, -0.05) is 6.07 Å². The van der Waals surface area contributed by atoms with E-state index in [1.54, 1.807) is 0 Å². The Hall–Kier alpha value is -2.50. The Morgan fingerprint density at radius 3 is 2.22 bits per heavy atom. The molecular formula is C12H9F2N3O. The van der Waals surface area contributed by atoms with Gasteiger partial charge in [0.15, 0.2) is 0 Å². The number of carbonyl (C=O) groups is 1. The highest BCUT2D eigenvalue weighted by Gasteiger charge is 2.21. The molecule has 0 saturated carbocycles. The van der Waals surface area contributed by atoms with Gasteiger partial charge in [0.05, 0.1) is 11.1 Å². The summed E-state index contributed by atoms with van der Waals surface area (Å²) in [5.41, 5.74) is 10.1. The summed E-state index contributed by atoms with van der Waals surface area (Å²) in [7, 11) is 0. The van der Waals surface area contributed by atoms with Crippen LogP contribution < -0.4 is 11.5 Å². The van der Waals surface area contributed by atoms with Crippen LogP contribution >= 0.6 is 0 Å². The number of nitrogens with two attached hydrogens (primary N) is 2. The molecular weight excluding hydrogens is 240 g/mol. The van der Waals surface area contributed by atoms with E-state index >= 15 is 0 Å². The van der Waals surface area contributed by atoms with Gasteiger partial charge in [-0.3, -0.25) is 4.79 Å². The minimum Gasteiger partial charge on any atom is -0.384 e. The zero-order valence-corrected chi connectivity index (χ0v) is 9.15. The van der Waals surface area contributed by atoms with E-state index in [4.69, 9.17) is 11.5 Å². The number of pyridine rings is 1. The molecule has 2 aromatic rings. The molecule has 92 valence electrons. The third kappa shape index (κ3) is 2.00. The second kappa shape index (κ2) is 4.40. The first-order valence-corrected chi connectivity index (χ1v) is 5.01. The number of ketones is 1. The third-order valence-electron chi connectivity index (χ3n) is 2.38. The molecule has 0 saturated heterocycles. The SMILES string of the molecule is Nc1ccc(C(=O)c2c(F)cccc2F)c(N)n1. The topological polar surface area (TPSA) is 82.0 Å². The molecule has 4 N–H and O–H groups in total. The molecule has 0 aliphatic carbocycles. The molecule has 0 aliphatic heterocycles. The zero-order valence-electron chi connectivity index (χ0n) is 9.15. The maximum Gasteiger partial charge on any atom is 0.202 e. The maximum absolute atomic E-state index is 13.5. The molecule has 0 radical (unpaired) electrons. The predicted molar refractivity (Wildman–Crippen MR) is 62.9 cm³/mol.